The molecule has 2 aromatic rings. The fraction of sp³-hybridized carbons (Fsp3) is 0.444. The van der Waals surface area contributed by atoms with Crippen LogP contribution >= 0.6 is 0 Å². The predicted molar refractivity (Wildman–Crippen MR) is 92.0 cm³/mol. The molecule has 0 saturated heterocycles. The molecule has 23 heavy (non-hydrogen) atoms. The minimum Gasteiger partial charge on any atom is -1.00 e. The summed E-state index contributed by atoms with van der Waals surface area (Å²) in [6.45, 7) is 2.19. The maximum Gasteiger partial charge on any atom is 1.00 e. The first-order valence-electron chi connectivity index (χ1n) is 8.02. The Morgan fingerprint density at radius 3 is 2.30 bits per heavy atom. The van der Waals surface area contributed by atoms with E-state index in [2.05, 4.69) is 6.92 Å². The van der Waals surface area contributed by atoms with Crippen LogP contribution in [-0.4, -0.2) is 13.0 Å². The van der Waals surface area contributed by atoms with Crippen LogP contribution in [0.15, 0.2) is 41.3 Å². The SMILES string of the molecule is CCCCCCCCc1ccc2ccccc2c1S(=O)(=O)O.[H-].[K+]. The molecule has 0 saturated carbocycles. The molecule has 0 atom stereocenters. The number of hydrogen-bond donors (Lipinski definition) is 1. The summed E-state index contributed by atoms with van der Waals surface area (Å²) in [6, 6.07) is 11.0. The average molecular weight is 361 g/mol. The van der Waals surface area contributed by atoms with Crippen LogP contribution in [-0.2, 0) is 16.5 Å². The van der Waals surface area contributed by atoms with Gasteiger partial charge in [-0.1, -0.05) is 75.4 Å². The van der Waals surface area contributed by atoms with E-state index in [0.29, 0.717) is 11.8 Å². The zero-order chi connectivity index (χ0) is 16.0. The molecule has 0 amide bonds. The van der Waals surface area contributed by atoms with E-state index in [1.165, 1.54) is 25.7 Å². The van der Waals surface area contributed by atoms with Crippen LogP contribution in [0.2, 0.25) is 0 Å². The van der Waals surface area contributed by atoms with Gasteiger partial charge in [0, 0.05) is 5.39 Å². The van der Waals surface area contributed by atoms with Crippen molar-refractivity contribution in [3.8, 4) is 0 Å². The largest absolute Gasteiger partial charge is 1.00 e. The Kier molecular flexibility index (Phi) is 9.52. The first-order valence-corrected chi connectivity index (χ1v) is 9.46. The van der Waals surface area contributed by atoms with Crippen LogP contribution in [0.4, 0.5) is 0 Å². The summed E-state index contributed by atoms with van der Waals surface area (Å²) in [5.74, 6) is 0. The molecule has 0 aliphatic heterocycles. The van der Waals surface area contributed by atoms with Crippen LogP contribution in [0, 0.1) is 0 Å². The van der Waals surface area contributed by atoms with Crippen molar-refractivity contribution in [2.45, 2.75) is 56.8 Å². The van der Waals surface area contributed by atoms with Gasteiger partial charge >= 0.3 is 51.4 Å². The summed E-state index contributed by atoms with van der Waals surface area (Å²) in [6.07, 6.45) is 7.63. The summed E-state index contributed by atoms with van der Waals surface area (Å²) in [4.78, 5) is 0.0826. The Labute approximate surface area is 183 Å². The second kappa shape index (κ2) is 10.3. The summed E-state index contributed by atoms with van der Waals surface area (Å²) >= 11 is 0. The van der Waals surface area contributed by atoms with E-state index in [9.17, 15) is 13.0 Å². The second-order valence-corrected chi connectivity index (χ2v) is 7.13. The van der Waals surface area contributed by atoms with Crippen molar-refractivity contribution >= 4 is 20.9 Å². The van der Waals surface area contributed by atoms with E-state index in [1.54, 1.807) is 12.1 Å². The van der Waals surface area contributed by atoms with Gasteiger partial charge in [0.25, 0.3) is 10.1 Å². The normalized spacial score (nSPS) is 11.4. The van der Waals surface area contributed by atoms with Gasteiger partial charge in [-0.25, -0.2) is 0 Å². The van der Waals surface area contributed by atoms with Gasteiger partial charge in [0.05, 0.1) is 0 Å². The number of rotatable bonds is 8. The van der Waals surface area contributed by atoms with E-state index >= 15 is 0 Å². The monoisotopic (exact) mass is 360 g/mol. The second-order valence-electron chi connectivity index (χ2n) is 5.77. The van der Waals surface area contributed by atoms with E-state index in [0.717, 1.165) is 23.8 Å². The van der Waals surface area contributed by atoms with Gasteiger partial charge in [-0.3, -0.25) is 4.55 Å². The first-order chi connectivity index (χ1) is 10.5. The maximum absolute atomic E-state index is 11.8. The molecule has 0 aliphatic rings. The Balaban J connectivity index is 0.00000264. The topological polar surface area (TPSA) is 54.4 Å². The van der Waals surface area contributed by atoms with Crippen LogP contribution < -0.4 is 51.4 Å². The number of benzene rings is 2. The van der Waals surface area contributed by atoms with Gasteiger partial charge in [-0.15, -0.1) is 0 Å². The molecule has 122 valence electrons. The molecule has 5 heteroatoms. The molecule has 0 aromatic heterocycles. The Hall–Kier alpha value is 0.246. The van der Waals surface area contributed by atoms with Crippen molar-refractivity contribution in [2.75, 3.05) is 0 Å². The average Bonchev–Trinajstić information content (AvgIpc) is 2.49. The quantitative estimate of drug-likeness (QED) is 0.446. The van der Waals surface area contributed by atoms with Crippen molar-refractivity contribution in [2.24, 2.45) is 0 Å². The number of fused-ring (bicyclic) bond motifs is 1. The predicted octanol–water partition coefficient (Wildman–Crippen LogP) is 2.11. The third-order valence-electron chi connectivity index (χ3n) is 4.02. The van der Waals surface area contributed by atoms with Crippen molar-refractivity contribution in [3.05, 3.63) is 42.0 Å². The van der Waals surface area contributed by atoms with Crippen molar-refractivity contribution < 1.29 is 65.8 Å². The van der Waals surface area contributed by atoms with Crippen molar-refractivity contribution in [3.63, 3.8) is 0 Å². The number of aryl methyl sites for hydroxylation is 1. The summed E-state index contributed by atoms with van der Waals surface area (Å²) < 4.78 is 33.2. The van der Waals surface area contributed by atoms with Crippen molar-refractivity contribution in [1.29, 1.82) is 0 Å². The fourth-order valence-corrected chi connectivity index (χ4v) is 3.85. The van der Waals surface area contributed by atoms with E-state index in [-0.39, 0.29) is 57.7 Å². The summed E-state index contributed by atoms with van der Waals surface area (Å²) in [5.41, 5.74) is 0.719. The molecule has 0 spiro atoms. The maximum atomic E-state index is 11.8. The molecule has 1 N–H and O–H groups in total. The van der Waals surface area contributed by atoms with E-state index < -0.39 is 10.1 Å². The molecular weight excluding hydrogens is 335 g/mol. The Morgan fingerprint density at radius 2 is 1.61 bits per heavy atom. The van der Waals surface area contributed by atoms with Gasteiger partial charge in [0.1, 0.15) is 4.90 Å². The molecule has 0 radical (unpaired) electrons. The molecule has 0 aliphatic carbocycles. The van der Waals surface area contributed by atoms with E-state index in [1.807, 2.05) is 24.3 Å². The first kappa shape index (κ1) is 21.3. The third-order valence-corrected chi connectivity index (χ3v) is 5.02. The van der Waals surface area contributed by atoms with Crippen molar-refractivity contribution in [1.82, 2.24) is 0 Å². The zero-order valence-corrected chi connectivity index (χ0v) is 18.0. The van der Waals surface area contributed by atoms with Gasteiger partial charge in [0.15, 0.2) is 0 Å². The number of unbranched alkanes of at least 4 members (excludes halogenated alkanes) is 5. The molecule has 0 fully saturated rings. The van der Waals surface area contributed by atoms with Crippen LogP contribution in [0.25, 0.3) is 10.8 Å². The Morgan fingerprint density at radius 1 is 0.957 bits per heavy atom. The summed E-state index contributed by atoms with van der Waals surface area (Å²) in [7, 11) is -4.21. The van der Waals surface area contributed by atoms with E-state index in [4.69, 9.17) is 0 Å². The molecule has 2 rings (SSSR count). The van der Waals surface area contributed by atoms with Crippen LogP contribution in [0.5, 0.6) is 0 Å². The molecule has 3 nitrogen and oxygen atoms in total. The molecule has 0 unspecified atom stereocenters. The van der Waals surface area contributed by atoms with Crippen LogP contribution in [0.1, 0.15) is 52.4 Å². The smallest absolute Gasteiger partial charge is 1.00 e. The zero-order valence-electron chi connectivity index (χ0n) is 15.1. The molecular formula is C18H25KO3S. The van der Waals surface area contributed by atoms with Gasteiger partial charge < -0.3 is 1.43 Å². The van der Waals surface area contributed by atoms with Crippen LogP contribution in [0.3, 0.4) is 0 Å². The third kappa shape index (κ3) is 6.23. The van der Waals surface area contributed by atoms with Gasteiger partial charge in [-0.2, -0.15) is 8.42 Å². The van der Waals surface area contributed by atoms with Gasteiger partial charge in [0.2, 0.25) is 0 Å². The van der Waals surface area contributed by atoms with Gasteiger partial charge in [-0.05, 0) is 23.8 Å². The molecule has 0 heterocycles. The molecule has 2 aromatic carbocycles. The Bertz CT molecular complexity index is 732. The minimum atomic E-state index is -4.21. The number of hydrogen-bond acceptors (Lipinski definition) is 2. The fourth-order valence-electron chi connectivity index (χ4n) is 2.89. The molecule has 0 bridgehead atoms. The summed E-state index contributed by atoms with van der Waals surface area (Å²) in [5, 5.41) is 1.44. The minimum absolute atomic E-state index is 0. The standard InChI is InChI=1S/C18H24O3S.K.H/c1-2-3-4-5-6-7-11-16-14-13-15-10-8-9-12-17(15)18(16)22(19,20)21;;/h8-10,12-14H,2-7,11H2,1H3,(H,19,20,21);;/q;+1;-1.